The van der Waals surface area contributed by atoms with Gasteiger partial charge in [0.15, 0.2) is 0 Å². The summed E-state index contributed by atoms with van der Waals surface area (Å²) < 4.78 is 11.1. The maximum atomic E-state index is 9.06. The highest BCUT2D eigenvalue weighted by molar-refractivity contribution is 4.82. The molecule has 0 fully saturated rings. The lowest BCUT2D eigenvalue weighted by atomic mass is 10.1. The van der Waals surface area contributed by atoms with Gasteiger partial charge >= 0.3 is 0 Å². The first kappa shape index (κ1) is 47.5. The lowest BCUT2D eigenvalue weighted by molar-refractivity contribution is 0.0445. The lowest BCUT2D eigenvalue weighted by Gasteiger charge is -2.09. The fourth-order valence-corrected chi connectivity index (χ4v) is 5.46. The van der Waals surface area contributed by atoms with Crippen molar-refractivity contribution >= 4 is 0 Å². The van der Waals surface area contributed by atoms with Crippen LogP contribution in [-0.4, -0.2) is 37.1 Å². The number of hydrogen-bond donors (Lipinski definition) is 1. The molecule has 0 bridgehead atoms. The second-order valence-electron chi connectivity index (χ2n) is 13.9. The first-order valence-electron chi connectivity index (χ1n) is 20.8. The maximum absolute atomic E-state index is 9.06. The van der Waals surface area contributed by atoms with Crippen molar-refractivity contribution in [3.63, 3.8) is 0 Å². The van der Waals surface area contributed by atoms with E-state index in [2.05, 4.69) is 52.0 Å². The van der Waals surface area contributed by atoms with Crippen molar-refractivity contribution in [3.8, 4) is 0 Å². The molecule has 0 aromatic heterocycles. The van der Waals surface area contributed by atoms with Crippen LogP contribution < -0.4 is 0 Å². The average Bonchev–Trinajstić information content (AvgIpc) is 3.05. The molecule has 0 amide bonds. The van der Waals surface area contributed by atoms with Crippen LogP contribution in [0.15, 0.2) is 24.3 Å². The van der Waals surface area contributed by atoms with Gasteiger partial charge in [0, 0.05) is 13.2 Å². The minimum atomic E-state index is -0.330. The Balaban J connectivity index is 0. The summed E-state index contributed by atoms with van der Waals surface area (Å²) in [5.41, 5.74) is 0. The molecule has 3 nitrogen and oxygen atoms in total. The van der Waals surface area contributed by atoms with Crippen LogP contribution >= 0.6 is 0 Å². The first-order valence-corrected chi connectivity index (χ1v) is 20.8. The molecule has 0 rings (SSSR count). The molecule has 0 saturated heterocycles. The highest BCUT2D eigenvalue weighted by Gasteiger charge is 1.98. The topological polar surface area (TPSA) is 38.7 Å². The van der Waals surface area contributed by atoms with E-state index in [0.717, 1.165) is 26.1 Å². The molecule has 0 aliphatic carbocycles. The predicted octanol–water partition coefficient (Wildman–Crippen LogP) is 14.3. The summed E-state index contributed by atoms with van der Waals surface area (Å²) in [7, 11) is 0. The quantitative estimate of drug-likeness (QED) is 0.0541. The highest BCUT2D eigenvalue weighted by Crippen LogP contribution is 2.12. The molecule has 0 aliphatic rings. The fraction of sp³-hybridized carbons (Fsp3) is 0.907. The van der Waals surface area contributed by atoms with Gasteiger partial charge in [-0.2, -0.15) is 0 Å². The van der Waals surface area contributed by atoms with Crippen molar-refractivity contribution in [2.24, 2.45) is 0 Å². The minimum absolute atomic E-state index is 0.330. The third-order valence-corrected chi connectivity index (χ3v) is 8.79. The van der Waals surface area contributed by atoms with E-state index in [1.807, 2.05) is 0 Å². The van der Waals surface area contributed by atoms with E-state index >= 15 is 0 Å². The largest absolute Gasteiger partial charge is 0.391 e. The predicted molar refractivity (Wildman–Crippen MR) is 207 cm³/mol. The average molecular weight is 651 g/mol. The zero-order valence-electron chi connectivity index (χ0n) is 32.4. The van der Waals surface area contributed by atoms with E-state index in [-0.39, 0.29) is 6.10 Å². The van der Waals surface area contributed by atoms with Gasteiger partial charge in [0.1, 0.15) is 0 Å². The third-order valence-electron chi connectivity index (χ3n) is 8.79. The minimum Gasteiger partial charge on any atom is -0.391 e. The number of aliphatic hydroxyl groups excluding tert-OH is 1. The van der Waals surface area contributed by atoms with Gasteiger partial charge in [0.25, 0.3) is 0 Å². The van der Waals surface area contributed by atoms with Gasteiger partial charge in [-0.05, 0) is 84.5 Å². The number of ether oxygens (including phenoxy) is 2. The van der Waals surface area contributed by atoms with Crippen LogP contribution in [0.2, 0.25) is 0 Å². The van der Waals surface area contributed by atoms with E-state index in [9.17, 15) is 0 Å². The van der Waals surface area contributed by atoms with Crippen LogP contribution in [0.25, 0.3) is 0 Å². The molecule has 1 N–H and O–H groups in total. The van der Waals surface area contributed by atoms with Gasteiger partial charge in [0.2, 0.25) is 0 Å². The summed E-state index contributed by atoms with van der Waals surface area (Å²) in [6.07, 6.45) is 48.6. The monoisotopic (exact) mass is 651 g/mol. The molecule has 3 heteroatoms. The normalized spacial score (nSPS) is 13.0. The third kappa shape index (κ3) is 47.8. The Hall–Kier alpha value is -0.640. The number of rotatable bonds is 36. The molecular formula is C43H86O3. The van der Waals surface area contributed by atoms with Crippen molar-refractivity contribution in [1.82, 2.24) is 0 Å². The van der Waals surface area contributed by atoms with Gasteiger partial charge in [-0.1, -0.05) is 161 Å². The molecule has 0 radical (unpaired) electrons. The first-order chi connectivity index (χ1) is 22.6. The van der Waals surface area contributed by atoms with Gasteiger partial charge in [-0.3, -0.25) is 0 Å². The molecule has 2 atom stereocenters. The van der Waals surface area contributed by atoms with Gasteiger partial charge in [-0.25, -0.2) is 0 Å². The summed E-state index contributed by atoms with van der Waals surface area (Å²) >= 11 is 0. The van der Waals surface area contributed by atoms with E-state index in [0.29, 0.717) is 12.7 Å². The smallest absolute Gasteiger partial charge is 0.0745 e. The Morgan fingerprint density at radius 1 is 0.435 bits per heavy atom. The summed E-state index contributed by atoms with van der Waals surface area (Å²) in [4.78, 5) is 0. The summed E-state index contributed by atoms with van der Waals surface area (Å²) in [6.45, 7) is 12.9. The standard InChI is InChI=1S/C22H44O.C21H42O2/c1-4-6-7-8-9-10-11-12-13-14-15-16-17-18-19-20-21-23-22(3)5-2;1-3-4-5-6-7-8-9-10-11-12-13-14-15-16-17-18-19-23-20-21(2)22/h12-13,22H,4-11,14-21H2,1-3H3;10-11,21-22H,3-9,12-20H2,1-2H3/b13-12-;11-10-. The second-order valence-corrected chi connectivity index (χ2v) is 13.9. The van der Waals surface area contributed by atoms with E-state index in [4.69, 9.17) is 14.6 Å². The zero-order chi connectivity index (χ0) is 34.0. The summed E-state index contributed by atoms with van der Waals surface area (Å²) in [6, 6.07) is 0. The molecule has 276 valence electrons. The van der Waals surface area contributed by atoms with Gasteiger partial charge in [0.05, 0.1) is 18.8 Å². The Kier molecular flexibility index (Phi) is 45.8. The Morgan fingerprint density at radius 2 is 0.761 bits per heavy atom. The van der Waals surface area contributed by atoms with Crippen LogP contribution in [0.5, 0.6) is 0 Å². The van der Waals surface area contributed by atoms with E-state index in [1.54, 1.807) is 6.92 Å². The molecule has 0 heterocycles. The van der Waals surface area contributed by atoms with Crippen molar-refractivity contribution in [2.45, 2.75) is 233 Å². The van der Waals surface area contributed by atoms with Crippen LogP contribution in [-0.2, 0) is 9.47 Å². The van der Waals surface area contributed by atoms with Crippen LogP contribution in [0.4, 0.5) is 0 Å². The molecule has 0 aliphatic heterocycles. The number of allylic oxidation sites excluding steroid dienone is 4. The molecular weight excluding hydrogens is 564 g/mol. The SMILES string of the molecule is CCCCCCCC/C=C\CCCCCCCCOC(C)CC.CCCCCCCC/C=C\CCCCCCCCOCC(C)O. The van der Waals surface area contributed by atoms with E-state index < -0.39 is 0 Å². The molecule has 0 saturated carbocycles. The Labute approximate surface area is 291 Å². The van der Waals surface area contributed by atoms with Gasteiger partial charge < -0.3 is 14.6 Å². The van der Waals surface area contributed by atoms with Crippen molar-refractivity contribution in [2.75, 3.05) is 19.8 Å². The number of aliphatic hydroxyl groups is 1. The van der Waals surface area contributed by atoms with Crippen molar-refractivity contribution in [3.05, 3.63) is 24.3 Å². The summed E-state index contributed by atoms with van der Waals surface area (Å²) in [5.74, 6) is 0. The maximum Gasteiger partial charge on any atom is 0.0745 e. The lowest BCUT2D eigenvalue weighted by Crippen LogP contribution is -2.10. The van der Waals surface area contributed by atoms with Gasteiger partial charge in [-0.15, -0.1) is 0 Å². The molecule has 0 aromatic carbocycles. The number of hydrogen-bond acceptors (Lipinski definition) is 3. The highest BCUT2D eigenvalue weighted by atomic mass is 16.5. The van der Waals surface area contributed by atoms with Crippen LogP contribution in [0.3, 0.4) is 0 Å². The summed E-state index contributed by atoms with van der Waals surface area (Å²) in [5, 5.41) is 9.06. The Bertz CT molecular complexity index is 570. The van der Waals surface area contributed by atoms with Crippen molar-refractivity contribution in [1.29, 1.82) is 0 Å². The second kappa shape index (κ2) is 44.4. The fourth-order valence-electron chi connectivity index (χ4n) is 5.46. The van der Waals surface area contributed by atoms with Crippen LogP contribution in [0, 0.1) is 0 Å². The van der Waals surface area contributed by atoms with E-state index in [1.165, 1.54) is 173 Å². The van der Waals surface area contributed by atoms with Crippen molar-refractivity contribution < 1.29 is 14.6 Å². The Morgan fingerprint density at radius 3 is 1.11 bits per heavy atom. The molecule has 46 heavy (non-hydrogen) atoms. The molecule has 0 spiro atoms. The zero-order valence-corrected chi connectivity index (χ0v) is 32.4. The molecule has 2 unspecified atom stereocenters. The number of unbranched alkanes of at least 4 members (excludes halogenated alkanes) is 24. The molecule has 0 aromatic rings. The van der Waals surface area contributed by atoms with Crippen LogP contribution in [0.1, 0.15) is 221 Å².